The topological polar surface area (TPSA) is 29.5 Å². The highest BCUT2D eigenvalue weighted by Gasteiger charge is 2.51. The fourth-order valence-electron chi connectivity index (χ4n) is 5.77. The fraction of sp³-hybridized carbons (Fsp3) is 0.619. The summed E-state index contributed by atoms with van der Waals surface area (Å²) in [5.41, 5.74) is 4.65. The van der Waals surface area contributed by atoms with E-state index in [4.69, 9.17) is 4.74 Å². The molecule has 1 aromatic carbocycles. The molecule has 4 atom stereocenters. The van der Waals surface area contributed by atoms with E-state index in [1.54, 1.807) is 0 Å². The van der Waals surface area contributed by atoms with Crippen LogP contribution in [0.2, 0.25) is 0 Å². The summed E-state index contributed by atoms with van der Waals surface area (Å²) < 4.78 is 5.64. The maximum Gasteiger partial charge on any atom is 0.161 e. The summed E-state index contributed by atoms with van der Waals surface area (Å²) in [6, 6.07) is 4.09. The second-order valence-electron chi connectivity index (χ2n) is 7.97. The van der Waals surface area contributed by atoms with E-state index in [2.05, 4.69) is 19.6 Å². The zero-order valence-electron chi connectivity index (χ0n) is 14.4. The number of fused-ring (bicyclic) bond motifs is 5. The van der Waals surface area contributed by atoms with Gasteiger partial charge in [0.25, 0.3) is 0 Å². The predicted octanol–water partition coefficient (Wildman–Crippen LogP) is 5.20. The van der Waals surface area contributed by atoms with Crippen molar-refractivity contribution in [1.82, 2.24) is 0 Å². The van der Waals surface area contributed by atoms with Crippen molar-refractivity contribution < 1.29 is 9.84 Å². The minimum Gasteiger partial charge on any atom is -0.504 e. The number of phenolic OH excluding ortho intramolecular Hbond substituents is 1. The van der Waals surface area contributed by atoms with Crippen LogP contribution in [0, 0.1) is 17.3 Å². The van der Waals surface area contributed by atoms with Gasteiger partial charge in [0, 0.05) is 0 Å². The molecule has 1 N–H and O–H groups in total. The second-order valence-corrected chi connectivity index (χ2v) is 7.97. The molecule has 2 heteroatoms. The molecule has 0 radical (unpaired) electrons. The average molecular weight is 312 g/mol. The molecule has 0 heterocycles. The molecule has 0 amide bonds. The Bertz CT molecular complexity index is 647. The van der Waals surface area contributed by atoms with Gasteiger partial charge in [-0.25, -0.2) is 0 Å². The first-order valence-electron chi connectivity index (χ1n) is 9.21. The molecule has 3 aliphatic carbocycles. The molecule has 0 bridgehead atoms. The van der Waals surface area contributed by atoms with Gasteiger partial charge in [-0.15, -0.1) is 0 Å². The Kier molecular flexibility index (Phi) is 3.48. The molecular weight excluding hydrogens is 284 g/mol. The smallest absolute Gasteiger partial charge is 0.161 e. The third kappa shape index (κ3) is 2.14. The van der Waals surface area contributed by atoms with Crippen molar-refractivity contribution in [2.24, 2.45) is 17.3 Å². The van der Waals surface area contributed by atoms with Gasteiger partial charge in [0.1, 0.15) is 0 Å². The lowest BCUT2D eigenvalue weighted by molar-refractivity contribution is 0.0814. The highest BCUT2D eigenvalue weighted by molar-refractivity contribution is 5.49. The summed E-state index contributed by atoms with van der Waals surface area (Å²) in [6.07, 6.45) is 7.41. The number of hydrogen-bond donors (Lipinski definition) is 1. The largest absolute Gasteiger partial charge is 0.504 e. The first-order valence-corrected chi connectivity index (χ1v) is 9.21. The lowest BCUT2D eigenvalue weighted by atomic mass is 9.55. The van der Waals surface area contributed by atoms with Gasteiger partial charge in [-0.1, -0.05) is 19.1 Å². The van der Waals surface area contributed by atoms with Gasteiger partial charge in [-0.2, -0.15) is 0 Å². The van der Waals surface area contributed by atoms with Crippen LogP contribution in [0.25, 0.3) is 0 Å². The van der Waals surface area contributed by atoms with Crippen molar-refractivity contribution in [1.29, 1.82) is 0 Å². The molecule has 0 saturated heterocycles. The third-order valence-electron chi connectivity index (χ3n) is 7.06. The summed E-state index contributed by atoms with van der Waals surface area (Å²) >= 11 is 0. The Morgan fingerprint density at radius 2 is 2.09 bits per heavy atom. The van der Waals surface area contributed by atoms with Gasteiger partial charge in [0.2, 0.25) is 0 Å². The van der Waals surface area contributed by atoms with E-state index in [1.807, 2.05) is 13.0 Å². The normalized spacial score (nSPS) is 35.4. The number of benzene rings is 1. The van der Waals surface area contributed by atoms with Crippen LogP contribution in [-0.2, 0) is 6.42 Å². The van der Waals surface area contributed by atoms with E-state index >= 15 is 0 Å². The number of aromatic hydroxyl groups is 1. The summed E-state index contributed by atoms with van der Waals surface area (Å²) in [5.74, 6) is 3.18. The Hall–Kier alpha value is -1.44. The molecular formula is C21H28O2. The predicted molar refractivity (Wildman–Crippen MR) is 93.0 cm³/mol. The number of allylic oxidation sites excluding steroid dienone is 1. The zero-order valence-corrected chi connectivity index (χ0v) is 14.4. The van der Waals surface area contributed by atoms with E-state index in [0.717, 1.165) is 18.3 Å². The van der Waals surface area contributed by atoms with Crippen LogP contribution >= 0.6 is 0 Å². The maximum atomic E-state index is 10.2. The number of hydrogen-bond acceptors (Lipinski definition) is 2. The van der Waals surface area contributed by atoms with Crippen molar-refractivity contribution in [2.75, 3.05) is 6.61 Å². The van der Waals surface area contributed by atoms with Crippen LogP contribution in [0.1, 0.15) is 63.0 Å². The zero-order chi connectivity index (χ0) is 16.2. The van der Waals surface area contributed by atoms with Crippen LogP contribution in [0.5, 0.6) is 11.5 Å². The SMILES string of the molecule is C=C1CCC2C3CCc4cc(O)c(OCC)cc4C3CC[C@]12C. The van der Waals surface area contributed by atoms with E-state index in [0.29, 0.717) is 29.4 Å². The van der Waals surface area contributed by atoms with Crippen LogP contribution in [0.3, 0.4) is 0 Å². The van der Waals surface area contributed by atoms with Crippen molar-refractivity contribution in [3.63, 3.8) is 0 Å². The Labute approximate surface area is 139 Å². The molecule has 0 aliphatic heterocycles. The molecule has 0 spiro atoms. The molecule has 3 unspecified atom stereocenters. The summed E-state index contributed by atoms with van der Waals surface area (Å²) in [6.45, 7) is 9.42. The molecule has 23 heavy (non-hydrogen) atoms. The quantitative estimate of drug-likeness (QED) is 0.760. The molecule has 1 aromatic rings. The molecule has 3 aliphatic rings. The minimum absolute atomic E-state index is 0.305. The van der Waals surface area contributed by atoms with Gasteiger partial charge >= 0.3 is 0 Å². The number of aryl methyl sites for hydroxylation is 1. The summed E-state index contributed by atoms with van der Waals surface area (Å²) in [5, 5.41) is 10.2. The monoisotopic (exact) mass is 312 g/mol. The van der Waals surface area contributed by atoms with Crippen LogP contribution < -0.4 is 4.74 Å². The van der Waals surface area contributed by atoms with E-state index in [9.17, 15) is 5.11 Å². The number of ether oxygens (including phenoxy) is 1. The van der Waals surface area contributed by atoms with Gasteiger partial charge in [-0.05, 0) is 91.9 Å². The first-order chi connectivity index (χ1) is 11.0. The Morgan fingerprint density at radius 1 is 1.26 bits per heavy atom. The number of phenols is 1. The lowest BCUT2D eigenvalue weighted by Gasteiger charge is -2.49. The van der Waals surface area contributed by atoms with Crippen molar-refractivity contribution in [3.8, 4) is 11.5 Å². The van der Waals surface area contributed by atoms with Gasteiger partial charge in [0.05, 0.1) is 6.61 Å². The first kappa shape index (κ1) is 15.1. The summed E-state index contributed by atoms with van der Waals surface area (Å²) in [7, 11) is 0. The molecule has 2 fully saturated rings. The van der Waals surface area contributed by atoms with Crippen molar-refractivity contribution in [3.05, 3.63) is 35.4 Å². The van der Waals surface area contributed by atoms with Gasteiger partial charge in [-0.3, -0.25) is 0 Å². The Morgan fingerprint density at radius 3 is 2.87 bits per heavy atom. The van der Waals surface area contributed by atoms with E-state index < -0.39 is 0 Å². The fourth-order valence-corrected chi connectivity index (χ4v) is 5.77. The van der Waals surface area contributed by atoms with Crippen LogP contribution in [0.4, 0.5) is 0 Å². The third-order valence-corrected chi connectivity index (χ3v) is 7.06. The second kappa shape index (κ2) is 5.29. The molecule has 4 rings (SSSR count). The van der Waals surface area contributed by atoms with Crippen LogP contribution in [-0.4, -0.2) is 11.7 Å². The summed E-state index contributed by atoms with van der Waals surface area (Å²) in [4.78, 5) is 0. The lowest BCUT2D eigenvalue weighted by Crippen LogP contribution is -2.40. The highest BCUT2D eigenvalue weighted by Crippen LogP contribution is 2.62. The Balaban J connectivity index is 1.71. The molecule has 124 valence electrons. The number of rotatable bonds is 2. The van der Waals surface area contributed by atoms with Gasteiger partial charge < -0.3 is 9.84 Å². The molecule has 2 saturated carbocycles. The molecule has 2 nitrogen and oxygen atoms in total. The van der Waals surface area contributed by atoms with Crippen molar-refractivity contribution >= 4 is 0 Å². The van der Waals surface area contributed by atoms with E-state index in [-0.39, 0.29) is 0 Å². The molecule has 0 aromatic heterocycles. The maximum absolute atomic E-state index is 10.2. The standard InChI is InChI=1S/C21H28O2/c1-4-23-20-12-17-14(11-19(20)22)6-7-16-15(17)9-10-21(3)13(2)5-8-18(16)21/h11-12,15-16,18,22H,2,4-10H2,1,3H3/t15?,16?,18?,21-/m1/s1. The van der Waals surface area contributed by atoms with Crippen molar-refractivity contribution in [2.45, 2.75) is 58.3 Å². The van der Waals surface area contributed by atoms with E-state index in [1.165, 1.54) is 48.8 Å². The van der Waals surface area contributed by atoms with Gasteiger partial charge in [0.15, 0.2) is 11.5 Å². The highest BCUT2D eigenvalue weighted by atomic mass is 16.5. The van der Waals surface area contributed by atoms with Crippen LogP contribution in [0.15, 0.2) is 24.3 Å². The average Bonchev–Trinajstić information content (AvgIpc) is 2.84. The minimum atomic E-state index is 0.305.